The highest BCUT2D eigenvalue weighted by Crippen LogP contribution is 2.26. The van der Waals surface area contributed by atoms with Crippen molar-refractivity contribution in [3.05, 3.63) is 46.2 Å². The average Bonchev–Trinajstić information content (AvgIpc) is 2.96. The van der Waals surface area contributed by atoms with Crippen LogP contribution in [0.2, 0.25) is 0 Å². The molecular formula is C15H17N3S. The highest BCUT2D eigenvalue weighted by Gasteiger charge is 2.12. The summed E-state index contributed by atoms with van der Waals surface area (Å²) in [6.07, 6.45) is 0. The predicted octanol–water partition coefficient (Wildman–Crippen LogP) is 4.12. The van der Waals surface area contributed by atoms with Crippen LogP contribution in [-0.4, -0.2) is 9.55 Å². The van der Waals surface area contributed by atoms with Crippen LogP contribution in [0, 0.1) is 6.92 Å². The molecule has 0 saturated carbocycles. The van der Waals surface area contributed by atoms with E-state index in [9.17, 15) is 0 Å². The predicted molar refractivity (Wildman–Crippen MR) is 81.8 cm³/mol. The highest BCUT2D eigenvalue weighted by atomic mass is 32.1. The van der Waals surface area contributed by atoms with E-state index in [0.717, 1.165) is 17.0 Å². The van der Waals surface area contributed by atoms with Gasteiger partial charge in [-0.15, -0.1) is 11.3 Å². The number of thiophene rings is 1. The normalized spacial score (nSPS) is 12.8. The number of anilines is 1. The van der Waals surface area contributed by atoms with Crippen LogP contribution >= 0.6 is 11.3 Å². The van der Waals surface area contributed by atoms with E-state index in [2.05, 4.69) is 46.9 Å². The Bertz CT molecular complexity index is 711. The molecule has 3 aromatic rings. The van der Waals surface area contributed by atoms with Gasteiger partial charge in [-0.1, -0.05) is 12.1 Å². The van der Waals surface area contributed by atoms with Gasteiger partial charge in [-0.25, -0.2) is 4.98 Å². The number of aryl methyl sites for hydroxylation is 2. The van der Waals surface area contributed by atoms with E-state index < -0.39 is 0 Å². The lowest BCUT2D eigenvalue weighted by Crippen LogP contribution is -2.09. The number of fused-ring (bicyclic) bond motifs is 1. The Labute approximate surface area is 116 Å². The maximum absolute atomic E-state index is 4.64. The fourth-order valence-electron chi connectivity index (χ4n) is 2.23. The van der Waals surface area contributed by atoms with Crippen LogP contribution < -0.4 is 5.32 Å². The Kier molecular flexibility index (Phi) is 3.03. The molecule has 4 heteroatoms. The first kappa shape index (κ1) is 12.2. The zero-order valence-corrected chi connectivity index (χ0v) is 12.2. The number of hydrogen-bond donors (Lipinski definition) is 1. The van der Waals surface area contributed by atoms with E-state index >= 15 is 0 Å². The van der Waals surface area contributed by atoms with Crippen molar-refractivity contribution < 1.29 is 0 Å². The number of imidazole rings is 1. The van der Waals surface area contributed by atoms with Crippen molar-refractivity contribution in [3.8, 4) is 0 Å². The Balaban J connectivity index is 1.91. The van der Waals surface area contributed by atoms with Crippen molar-refractivity contribution in [3.63, 3.8) is 0 Å². The molecule has 0 fully saturated rings. The number of hydrogen-bond acceptors (Lipinski definition) is 3. The van der Waals surface area contributed by atoms with Gasteiger partial charge in [0, 0.05) is 16.8 Å². The maximum Gasteiger partial charge on any atom is 0.204 e. The largest absolute Gasteiger partial charge is 0.348 e. The molecule has 0 spiro atoms. The van der Waals surface area contributed by atoms with Gasteiger partial charge in [-0.05, 0) is 38.1 Å². The molecule has 0 aliphatic carbocycles. The average molecular weight is 271 g/mol. The molecule has 0 aliphatic rings. The number of nitrogens with one attached hydrogen (secondary N) is 1. The topological polar surface area (TPSA) is 29.9 Å². The van der Waals surface area contributed by atoms with Crippen LogP contribution in [0.25, 0.3) is 11.0 Å². The first-order valence-electron chi connectivity index (χ1n) is 6.39. The molecule has 0 bridgehead atoms. The van der Waals surface area contributed by atoms with Gasteiger partial charge < -0.3 is 9.88 Å². The van der Waals surface area contributed by atoms with Crippen LogP contribution in [-0.2, 0) is 7.05 Å². The Morgan fingerprint density at radius 3 is 2.68 bits per heavy atom. The van der Waals surface area contributed by atoms with Gasteiger partial charge in [-0.2, -0.15) is 0 Å². The SMILES string of the molecule is Cc1ccc(C(C)Nc2nc3ccccc3n2C)s1. The lowest BCUT2D eigenvalue weighted by molar-refractivity contribution is 0.846. The Hall–Kier alpha value is -1.81. The van der Waals surface area contributed by atoms with Gasteiger partial charge in [-0.3, -0.25) is 0 Å². The van der Waals surface area contributed by atoms with Crippen molar-refractivity contribution in [2.24, 2.45) is 7.05 Å². The monoisotopic (exact) mass is 271 g/mol. The van der Waals surface area contributed by atoms with Crippen molar-refractivity contribution in [1.82, 2.24) is 9.55 Å². The summed E-state index contributed by atoms with van der Waals surface area (Å²) in [6.45, 7) is 4.31. The molecule has 1 N–H and O–H groups in total. The first-order valence-corrected chi connectivity index (χ1v) is 7.21. The Morgan fingerprint density at radius 1 is 1.21 bits per heavy atom. The number of para-hydroxylation sites is 2. The zero-order chi connectivity index (χ0) is 13.4. The number of nitrogens with zero attached hydrogens (tertiary/aromatic N) is 2. The number of rotatable bonds is 3. The Morgan fingerprint density at radius 2 is 2.00 bits per heavy atom. The van der Waals surface area contributed by atoms with E-state index in [0.29, 0.717) is 0 Å². The van der Waals surface area contributed by atoms with Crippen LogP contribution in [0.4, 0.5) is 5.95 Å². The third-order valence-corrected chi connectivity index (χ3v) is 4.50. The molecule has 0 amide bonds. The number of aromatic nitrogens is 2. The van der Waals surface area contributed by atoms with E-state index in [1.54, 1.807) is 0 Å². The van der Waals surface area contributed by atoms with Crippen LogP contribution in [0.15, 0.2) is 36.4 Å². The van der Waals surface area contributed by atoms with Crippen LogP contribution in [0.5, 0.6) is 0 Å². The molecule has 98 valence electrons. The van der Waals surface area contributed by atoms with Gasteiger partial charge in [0.05, 0.1) is 17.1 Å². The van der Waals surface area contributed by atoms with E-state index in [4.69, 9.17) is 0 Å². The minimum absolute atomic E-state index is 0.272. The van der Waals surface area contributed by atoms with Gasteiger partial charge in [0.15, 0.2) is 0 Å². The molecule has 0 saturated heterocycles. The van der Waals surface area contributed by atoms with Gasteiger partial charge in [0.25, 0.3) is 0 Å². The van der Waals surface area contributed by atoms with Crippen molar-refractivity contribution in [1.29, 1.82) is 0 Å². The summed E-state index contributed by atoms with van der Waals surface area (Å²) in [5, 5.41) is 3.49. The molecule has 1 atom stereocenters. The molecule has 1 aromatic carbocycles. The fraction of sp³-hybridized carbons (Fsp3) is 0.267. The quantitative estimate of drug-likeness (QED) is 0.776. The number of benzene rings is 1. The molecule has 0 radical (unpaired) electrons. The lowest BCUT2D eigenvalue weighted by atomic mass is 10.3. The summed E-state index contributed by atoms with van der Waals surface area (Å²) in [6, 6.07) is 12.8. The molecule has 2 heterocycles. The van der Waals surface area contributed by atoms with Crippen molar-refractivity contribution in [2.45, 2.75) is 19.9 Å². The van der Waals surface area contributed by atoms with Gasteiger partial charge in [0.1, 0.15) is 0 Å². The second kappa shape index (κ2) is 4.70. The first-order chi connectivity index (χ1) is 9.15. The summed E-state index contributed by atoms with van der Waals surface area (Å²) in [5.41, 5.74) is 2.18. The fourth-order valence-corrected chi connectivity index (χ4v) is 3.11. The zero-order valence-electron chi connectivity index (χ0n) is 11.3. The van der Waals surface area contributed by atoms with Crippen LogP contribution in [0.3, 0.4) is 0 Å². The minimum atomic E-state index is 0.272. The molecule has 0 aliphatic heterocycles. The summed E-state index contributed by atoms with van der Waals surface area (Å²) in [7, 11) is 2.05. The van der Waals surface area contributed by atoms with Crippen molar-refractivity contribution in [2.75, 3.05) is 5.32 Å². The van der Waals surface area contributed by atoms with E-state index in [1.807, 2.05) is 36.6 Å². The summed E-state index contributed by atoms with van der Waals surface area (Å²) in [5.74, 6) is 0.916. The summed E-state index contributed by atoms with van der Waals surface area (Å²) in [4.78, 5) is 7.32. The molecule has 1 unspecified atom stereocenters. The second-order valence-electron chi connectivity index (χ2n) is 4.80. The standard InChI is InChI=1S/C15H17N3S/c1-10-8-9-14(19-10)11(2)16-15-17-12-6-4-5-7-13(12)18(15)3/h4-9,11H,1-3H3,(H,16,17). The minimum Gasteiger partial charge on any atom is -0.348 e. The lowest BCUT2D eigenvalue weighted by Gasteiger charge is -2.12. The third kappa shape index (κ3) is 2.24. The van der Waals surface area contributed by atoms with Gasteiger partial charge >= 0.3 is 0 Å². The summed E-state index contributed by atoms with van der Waals surface area (Å²) < 4.78 is 2.10. The second-order valence-corrected chi connectivity index (χ2v) is 6.12. The summed E-state index contributed by atoms with van der Waals surface area (Å²) >= 11 is 1.83. The van der Waals surface area contributed by atoms with E-state index in [-0.39, 0.29) is 6.04 Å². The van der Waals surface area contributed by atoms with Crippen molar-refractivity contribution >= 4 is 28.3 Å². The third-order valence-electron chi connectivity index (χ3n) is 3.32. The smallest absolute Gasteiger partial charge is 0.204 e. The van der Waals surface area contributed by atoms with Gasteiger partial charge in [0.2, 0.25) is 5.95 Å². The molecule has 19 heavy (non-hydrogen) atoms. The molecule has 3 rings (SSSR count). The molecule has 3 nitrogen and oxygen atoms in total. The molecule has 2 aromatic heterocycles. The van der Waals surface area contributed by atoms with E-state index in [1.165, 1.54) is 9.75 Å². The molecular weight excluding hydrogens is 254 g/mol. The highest BCUT2D eigenvalue weighted by molar-refractivity contribution is 7.12. The van der Waals surface area contributed by atoms with Crippen LogP contribution in [0.1, 0.15) is 22.7 Å². The maximum atomic E-state index is 4.64.